The molecule has 0 spiro atoms. The first-order valence-electron chi connectivity index (χ1n) is 7.37. The number of aromatic nitrogens is 3. The molecule has 1 aliphatic carbocycles. The van der Waals surface area contributed by atoms with Crippen molar-refractivity contribution in [2.75, 3.05) is 5.73 Å². The van der Waals surface area contributed by atoms with Gasteiger partial charge in [-0.25, -0.2) is 4.98 Å². The van der Waals surface area contributed by atoms with Crippen LogP contribution in [0, 0.1) is 10.8 Å². The largest absolute Gasteiger partial charge is 0.369 e. The lowest BCUT2D eigenvalue weighted by atomic mass is 10.0. The highest BCUT2D eigenvalue weighted by atomic mass is 15.2. The standard InChI is InChI=1S/C17H20N4/c1-16(2)14(17(16,3)4)21-13-10-7-5-6-8-11(10)19-9-12(13)20-15(21)18/h5-9,14H,1-4H3,(H2,18,20). The van der Waals surface area contributed by atoms with Crippen molar-refractivity contribution in [3.8, 4) is 0 Å². The second kappa shape index (κ2) is 3.56. The van der Waals surface area contributed by atoms with Crippen molar-refractivity contribution in [3.05, 3.63) is 30.5 Å². The molecule has 1 fully saturated rings. The monoisotopic (exact) mass is 280 g/mol. The van der Waals surface area contributed by atoms with Crippen molar-refractivity contribution < 1.29 is 0 Å². The summed E-state index contributed by atoms with van der Waals surface area (Å²) >= 11 is 0. The first kappa shape index (κ1) is 12.6. The Labute approximate surface area is 124 Å². The zero-order valence-electron chi connectivity index (χ0n) is 12.9. The Balaban J connectivity index is 2.10. The van der Waals surface area contributed by atoms with Gasteiger partial charge in [0.25, 0.3) is 0 Å². The molecule has 0 saturated heterocycles. The minimum atomic E-state index is 0.207. The third kappa shape index (κ3) is 1.40. The van der Waals surface area contributed by atoms with Crippen LogP contribution >= 0.6 is 0 Å². The normalized spacial score (nSPS) is 20.2. The van der Waals surface area contributed by atoms with E-state index in [-0.39, 0.29) is 10.8 Å². The number of nitrogen functional groups attached to an aromatic ring is 1. The maximum atomic E-state index is 6.25. The summed E-state index contributed by atoms with van der Waals surface area (Å²) in [6, 6.07) is 8.55. The Morgan fingerprint density at radius 3 is 2.38 bits per heavy atom. The summed E-state index contributed by atoms with van der Waals surface area (Å²) in [5.41, 5.74) is 9.65. The van der Waals surface area contributed by atoms with Crippen molar-refractivity contribution in [3.63, 3.8) is 0 Å². The van der Waals surface area contributed by atoms with Crippen LogP contribution in [-0.2, 0) is 0 Å². The SMILES string of the molecule is CC1(C)C(n2c(N)nc3cnc4ccccc4c32)C1(C)C. The van der Waals surface area contributed by atoms with Gasteiger partial charge in [-0.15, -0.1) is 0 Å². The summed E-state index contributed by atoms with van der Waals surface area (Å²) in [5.74, 6) is 0.590. The van der Waals surface area contributed by atoms with E-state index in [0.29, 0.717) is 12.0 Å². The van der Waals surface area contributed by atoms with Gasteiger partial charge in [-0.2, -0.15) is 0 Å². The van der Waals surface area contributed by atoms with E-state index in [9.17, 15) is 0 Å². The van der Waals surface area contributed by atoms with Crippen LogP contribution in [0.25, 0.3) is 21.9 Å². The predicted octanol–water partition coefficient (Wildman–Crippen LogP) is 3.77. The van der Waals surface area contributed by atoms with Gasteiger partial charge < -0.3 is 10.3 Å². The molecule has 2 aromatic heterocycles. The molecule has 2 heterocycles. The van der Waals surface area contributed by atoms with Crippen LogP contribution in [0.2, 0.25) is 0 Å². The number of benzene rings is 1. The fraction of sp³-hybridized carbons (Fsp3) is 0.412. The van der Waals surface area contributed by atoms with Gasteiger partial charge in [-0.1, -0.05) is 45.9 Å². The molecule has 2 N–H and O–H groups in total. The lowest BCUT2D eigenvalue weighted by Crippen LogP contribution is -2.06. The van der Waals surface area contributed by atoms with Gasteiger partial charge in [-0.3, -0.25) is 4.98 Å². The van der Waals surface area contributed by atoms with E-state index in [0.717, 1.165) is 21.9 Å². The van der Waals surface area contributed by atoms with Gasteiger partial charge >= 0.3 is 0 Å². The van der Waals surface area contributed by atoms with E-state index >= 15 is 0 Å². The Morgan fingerprint density at radius 1 is 1.05 bits per heavy atom. The van der Waals surface area contributed by atoms with Crippen LogP contribution in [-0.4, -0.2) is 14.5 Å². The van der Waals surface area contributed by atoms with Crippen LogP contribution in [0.4, 0.5) is 5.95 Å². The summed E-state index contributed by atoms with van der Waals surface area (Å²) in [6.45, 7) is 9.19. The summed E-state index contributed by atoms with van der Waals surface area (Å²) in [7, 11) is 0. The van der Waals surface area contributed by atoms with E-state index < -0.39 is 0 Å². The number of anilines is 1. The second-order valence-electron chi connectivity index (χ2n) is 7.20. The number of imidazole rings is 1. The Morgan fingerprint density at radius 2 is 1.71 bits per heavy atom. The molecule has 4 heteroatoms. The minimum Gasteiger partial charge on any atom is -0.369 e. The van der Waals surface area contributed by atoms with Gasteiger partial charge in [0.15, 0.2) is 0 Å². The molecule has 0 aliphatic heterocycles. The van der Waals surface area contributed by atoms with Crippen LogP contribution in [0.3, 0.4) is 0 Å². The molecule has 0 unspecified atom stereocenters. The van der Waals surface area contributed by atoms with E-state index in [2.05, 4.69) is 48.3 Å². The number of pyridine rings is 1. The Hall–Kier alpha value is -2.10. The van der Waals surface area contributed by atoms with Crippen molar-refractivity contribution >= 4 is 27.9 Å². The molecule has 1 aliphatic rings. The highest BCUT2D eigenvalue weighted by molar-refractivity contribution is 6.03. The Bertz CT molecular complexity index is 859. The molecule has 0 bridgehead atoms. The summed E-state index contributed by atoms with van der Waals surface area (Å²) in [6.07, 6.45) is 1.83. The number of hydrogen-bond donors (Lipinski definition) is 1. The zero-order chi connectivity index (χ0) is 15.0. The average Bonchev–Trinajstić information content (AvgIpc) is 2.69. The third-order valence-electron chi connectivity index (χ3n) is 5.65. The molecule has 0 atom stereocenters. The fourth-order valence-corrected chi connectivity index (χ4v) is 3.81. The maximum absolute atomic E-state index is 6.25. The van der Waals surface area contributed by atoms with Crippen molar-refractivity contribution in [1.29, 1.82) is 0 Å². The van der Waals surface area contributed by atoms with E-state index in [1.54, 1.807) is 0 Å². The molecule has 1 saturated carbocycles. The molecular formula is C17H20N4. The van der Waals surface area contributed by atoms with Gasteiger partial charge in [0.05, 0.1) is 17.2 Å². The number of rotatable bonds is 1. The fourth-order valence-electron chi connectivity index (χ4n) is 3.81. The molecule has 3 aromatic rings. The Kier molecular flexibility index (Phi) is 2.14. The van der Waals surface area contributed by atoms with Gasteiger partial charge in [-0.05, 0) is 16.9 Å². The number of nitrogens with zero attached hydrogens (tertiary/aromatic N) is 3. The topological polar surface area (TPSA) is 56.7 Å². The minimum absolute atomic E-state index is 0.207. The maximum Gasteiger partial charge on any atom is 0.201 e. The van der Waals surface area contributed by atoms with E-state index in [1.165, 1.54) is 0 Å². The van der Waals surface area contributed by atoms with Gasteiger partial charge in [0.1, 0.15) is 5.52 Å². The number of fused-ring (bicyclic) bond motifs is 3. The smallest absolute Gasteiger partial charge is 0.201 e. The average molecular weight is 280 g/mol. The summed E-state index contributed by atoms with van der Waals surface area (Å²) in [5, 5.41) is 1.12. The van der Waals surface area contributed by atoms with Gasteiger partial charge in [0.2, 0.25) is 5.95 Å². The van der Waals surface area contributed by atoms with E-state index in [1.807, 2.05) is 24.4 Å². The first-order chi connectivity index (χ1) is 9.85. The molecule has 108 valence electrons. The molecule has 1 aromatic carbocycles. The van der Waals surface area contributed by atoms with Gasteiger partial charge in [0, 0.05) is 11.4 Å². The third-order valence-corrected chi connectivity index (χ3v) is 5.65. The molecule has 21 heavy (non-hydrogen) atoms. The number of nitrogens with two attached hydrogens (primary N) is 1. The quantitative estimate of drug-likeness (QED) is 0.738. The molecular weight excluding hydrogens is 260 g/mol. The molecule has 0 amide bonds. The highest BCUT2D eigenvalue weighted by Crippen LogP contribution is 2.72. The van der Waals surface area contributed by atoms with Crippen molar-refractivity contribution in [1.82, 2.24) is 14.5 Å². The lowest BCUT2D eigenvalue weighted by molar-refractivity contribution is 0.457. The summed E-state index contributed by atoms with van der Waals surface area (Å²) in [4.78, 5) is 9.02. The molecule has 0 radical (unpaired) electrons. The predicted molar refractivity (Wildman–Crippen MR) is 86.0 cm³/mol. The number of para-hydroxylation sites is 1. The first-order valence-corrected chi connectivity index (χ1v) is 7.37. The van der Waals surface area contributed by atoms with Crippen molar-refractivity contribution in [2.45, 2.75) is 33.7 Å². The zero-order valence-corrected chi connectivity index (χ0v) is 12.9. The van der Waals surface area contributed by atoms with E-state index in [4.69, 9.17) is 5.73 Å². The summed E-state index contributed by atoms with van der Waals surface area (Å²) < 4.78 is 2.22. The molecule has 4 rings (SSSR count). The number of hydrogen-bond acceptors (Lipinski definition) is 3. The molecule has 4 nitrogen and oxygen atoms in total. The van der Waals surface area contributed by atoms with Crippen LogP contribution in [0.5, 0.6) is 0 Å². The van der Waals surface area contributed by atoms with Crippen LogP contribution in [0.1, 0.15) is 33.7 Å². The second-order valence-corrected chi connectivity index (χ2v) is 7.20. The van der Waals surface area contributed by atoms with Crippen molar-refractivity contribution in [2.24, 2.45) is 10.8 Å². The highest BCUT2D eigenvalue weighted by Gasteiger charge is 2.66. The van der Waals surface area contributed by atoms with Crippen LogP contribution in [0.15, 0.2) is 30.5 Å². The van der Waals surface area contributed by atoms with Crippen LogP contribution < -0.4 is 5.73 Å². The lowest BCUT2D eigenvalue weighted by Gasteiger charge is -2.10.